The number of nitrogens with one attached hydrogen (secondary N) is 2. The summed E-state index contributed by atoms with van der Waals surface area (Å²) in [5.74, 6) is 0.0416. The predicted molar refractivity (Wildman–Crippen MR) is 56.1 cm³/mol. The summed E-state index contributed by atoms with van der Waals surface area (Å²) in [5, 5.41) is 6.09. The molecule has 0 saturated carbocycles. The molecule has 1 heterocycles. The van der Waals surface area contributed by atoms with Gasteiger partial charge in [0.1, 0.15) is 6.04 Å². The van der Waals surface area contributed by atoms with E-state index < -0.39 is 0 Å². The molecule has 1 amide bonds. The zero-order valence-electron chi connectivity index (χ0n) is 8.37. The van der Waals surface area contributed by atoms with Crippen molar-refractivity contribution < 1.29 is 4.79 Å². The van der Waals surface area contributed by atoms with Gasteiger partial charge in [0, 0.05) is 17.3 Å². The molecule has 1 aliphatic heterocycles. The SMILES string of the molecule is CC(C)NC1C(=O)Nc2ccccc21. The Labute approximate surface area is 83.5 Å². The molecule has 0 saturated heterocycles. The molecule has 0 aromatic heterocycles. The fourth-order valence-corrected chi connectivity index (χ4v) is 1.71. The third-order valence-corrected chi connectivity index (χ3v) is 2.29. The van der Waals surface area contributed by atoms with Crippen LogP contribution in [0.2, 0.25) is 0 Å². The maximum atomic E-state index is 11.6. The summed E-state index contributed by atoms with van der Waals surface area (Å²) in [7, 11) is 0. The van der Waals surface area contributed by atoms with Crippen LogP contribution in [0, 0.1) is 0 Å². The average Bonchev–Trinajstić information content (AvgIpc) is 2.43. The van der Waals surface area contributed by atoms with Crippen LogP contribution in [0.3, 0.4) is 0 Å². The number of hydrogen-bond donors (Lipinski definition) is 2. The molecule has 0 fully saturated rings. The Bertz CT molecular complexity index is 360. The van der Waals surface area contributed by atoms with Crippen molar-refractivity contribution in [3.8, 4) is 0 Å². The Kier molecular flexibility index (Phi) is 2.25. The van der Waals surface area contributed by atoms with Gasteiger partial charge in [-0.05, 0) is 19.9 Å². The number of fused-ring (bicyclic) bond motifs is 1. The lowest BCUT2D eigenvalue weighted by Crippen LogP contribution is -2.32. The van der Waals surface area contributed by atoms with Crippen LogP contribution in [-0.4, -0.2) is 11.9 Å². The molecule has 74 valence electrons. The summed E-state index contributed by atoms with van der Waals surface area (Å²) < 4.78 is 0. The summed E-state index contributed by atoms with van der Waals surface area (Å²) in [5.41, 5.74) is 1.97. The molecule has 0 aliphatic carbocycles. The van der Waals surface area contributed by atoms with Crippen molar-refractivity contribution in [2.24, 2.45) is 0 Å². The van der Waals surface area contributed by atoms with Crippen LogP contribution in [0.1, 0.15) is 25.5 Å². The van der Waals surface area contributed by atoms with Gasteiger partial charge in [-0.15, -0.1) is 0 Å². The second kappa shape index (κ2) is 3.42. The van der Waals surface area contributed by atoms with Crippen molar-refractivity contribution in [1.82, 2.24) is 5.32 Å². The number of carbonyl (C=O) groups excluding carboxylic acids is 1. The van der Waals surface area contributed by atoms with Crippen LogP contribution >= 0.6 is 0 Å². The van der Waals surface area contributed by atoms with E-state index in [1.807, 2.05) is 38.1 Å². The third-order valence-electron chi connectivity index (χ3n) is 2.29. The summed E-state index contributed by atoms with van der Waals surface area (Å²) in [6, 6.07) is 7.90. The van der Waals surface area contributed by atoms with E-state index in [0.717, 1.165) is 11.3 Å². The number of benzene rings is 1. The number of hydrogen-bond acceptors (Lipinski definition) is 2. The van der Waals surface area contributed by atoms with E-state index in [-0.39, 0.29) is 11.9 Å². The molecule has 2 N–H and O–H groups in total. The minimum absolute atomic E-state index is 0.0416. The normalized spacial score (nSPS) is 19.6. The average molecular weight is 190 g/mol. The number of carbonyl (C=O) groups is 1. The topological polar surface area (TPSA) is 41.1 Å². The Morgan fingerprint density at radius 3 is 2.79 bits per heavy atom. The highest BCUT2D eigenvalue weighted by atomic mass is 16.2. The standard InChI is InChI=1S/C11H14N2O/c1-7(2)12-10-8-5-3-4-6-9(8)13-11(10)14/h3-7,10,12H,1-2H3,(H,13,14). The number of amides is 1. The lowest BCUT2D eigenvalue weighted by molar-refractivity contribution is -0.117. The van der Waals surface area contributed by atoms with Gasteiger partial charge in [-0.1, -0.05) is 18.2 Å². The largest absolute Gasteiger partial charge is 0.324 e. The van der Waals surface area contributed by atoms with Crippen LogP contribution in [0.15, 0.2) is 24.3 Å². The van der Waals surface area contributed by atoms with Crippen molar-refractivity contribution in [2.45, 2.75) is 25.9 Å². The Balaban J connectivity index is 2.30. The summed E-state index contributed by atoms with van der Waals surface area (Å²) >= 11 is 0. The molecule has 1 aromatic rings. The van der Waals surface area contributed by atoms with Gasteiger partial charge in [0.15, 0.2) is 0 Å². The fraction of sp³-hybridized carbons (Fsp3) is 0.364. The molecule has 1 aromatic carbocycles. The third kappa shape index (κ3) is 1.51. The van der Waals surface area contributed by atoms with Crippen LogP contribution in [0.25, 0.3) is 0 Å². The van der Waals surface area contributed by atoms with Crippen molar-refractivity contribution >= 4 is 11.6 Å². The lowest BCUT2D eigenvalue weighted by atomic mass is 10.1. The van der Waals surface area contributed by atoms with E-state index in [2.05, 4.69) is 10.6 Å². The summed E-state index contributed by atoms with van der Waals surface area (Å²) in [4.78, 5) is 11.6. The number of anilines is 1. The van der Waals surface area contributed by atoms with Gasteiger partial charge in [0.2, 0.25) is 5.91 Å². The first-order valence-electron chi connectivity index (χ1n) is 4.84. The first-order chi connectivity index (χ1) is 6.68. The van der Waals surface area contributed by atoms with Gasteiger partial charge in [0.05, 0.1) is 0 Å². The zero-order valence-corrected chi connectivity index (χ0v) is 8.37. The predicted octanol–water partition coefficient (Wildman–Crippen LogP) is 1.68. The van der Waals surface area contributed by atoms with Gasteiger partial charge < -0.3 is 5.32 Å². The molecular formula is C11H14N2O. The van der Waals surface area contributed by atoms with Gasteiger partial charge in [-0.25, -0.2) is 0 Å². The van der Waals surface area contributed by atoms with Gasteiger partial charge in [-0.2, -0.15) is 0 Å². The Morgan fingerprint density at radius 1 is 1.36 bits per heavy atom. The summed E-state index contributed by atoms with van der Waals surface area (Å²) in [6.45, 7) is 4.07. The van der Waals surface area contributed by atoms with Gasteiger partial charge in [-0.3, -0.25) is 10.1 Å². The van der Waals surface area contributed by atoms with Crippen molar-refractivity contribution in [1.29, 1.82) is 0 Å². The monoisotopic (exact) mass is 190 g/mol. The second-order valence-corrected chi connectivity index (χ2v) is 3.83. The molecular weight excluding hydrogens is 176 g/mol. The quantitative estimate of drug-likeness (QED) is 0.745. The molecule has 1 atom stereocenters. The maximum absolute atomic E-state index is 11.6. The van der Waals surface area contributed by atoms with E-state index in [4.69, 9.17) is 0 Å². The van der Waals surface area contributed by atoms with Gasteiger partial charge >= 0.3 is 0 Å². The van der Waals surface area contributed by atoms with Crippen LogP contribution in [-0.2, 0) is 4.79 Å². The summed E-state index contributed by atoms with van der Waals surface area (Å²) in [6.07, 6.45) is 0. The van der Waals surface area contributed by atoms with Crippen molar-refractivity contribution in [3.05, 3.63) is 29.8 Å². The van der Waals surface area contributed by atoms with Gasteiger partial charge in [0.25, 0.3) is 0 Å². The molecule has 0 spiro atoms. The fourth-order valence-electron chi connectivity index (χ4n) is 1.71. The smallest absolute Gasteiger partial charge is 0.246 e. The molecule has 1 aliphatic rings. The molecule has 3 heteroatoms. The van der Waals surface area contributed by atoms with E-state index in [9.17, 15) is 4.79 Å². The van der Waals surface area contributed by atoms with Crippen LogP contribution in [0.4, 0.5) is 5.69 Å². The minimum atomic E-state index is -0.189. The molecule has 14 heavy (non-hydrogen) atoms. The molecule has 3 nitrogen and oxygen atoms in total. The molecule has 1 unspecified atom stereocenters. The van der Waals surface area contributed by atoms with Crippen molar-refractivity contribution in [2.75, 3.05) is 5.32 Å². The Hall–Kier alpha value is -1.35. The highest BCUT2D eigenvalue weighted by Crippen LogP contribution is 2.30. The zero-order chi connectivity index (χ0) is 10.1. The van der Waals surface area contributed by atoms with E-state index >= 15 is 0 Å². The minimum Gasteiger partial charge on any atom is -0.324 e. The van der Waals surface area contributed by atoms with E-state index in [1.165, 1.54) is 0 Å². The molecule has 0 bridgehead atoms. The maximum Gasteiger partial charge on any atom is 0.246 e. The number of para-hydroxylation sites is 1. The number of rotatable bonds is 2. The second-order valence-electron chi connectivity index (χ2n) is 3.83. The highest BCUT2D eigenvalue weighted by Gasteiger charge is 2.29. The highest BCUT2D eigenvalue weighted by molar-refractivity contribution is 6.02. The van der Waals surface area contributed by atoms with Crippen molar-refractivity contribution in [3.63, 3.8) is 0 Å². The van der Waals surface area contributed by atoms with Crippen LogP contribution < -0.4 is 10.6 Å². The van der Waals surface area contributed by atoms with Crippen LogP contribution in [0.5, 0.6) is 0 Å². The Morgan fingerprint density at radius 2 is 2.07 bits per heavy atom. The molecule has 2 rings (SSSR count). The first-order valence-corrected chi connectivity index (χ1v) is 4.84. The lowest BCUT2D eigenvalue weighted by Gasteiger charge is -2.14. The molecule has 0 radical (unpaired) electrons. The first kappa shape index (κ1) is 9.21. The van der Waals surface area contributed by atoms with E-state index in [0.29, 0.717) is 6.04 Å². The van der Waals surface area contributed by atoms with E-state index in [1.54, 1.807) is 0 Å².